The summed E-state index contributed by atoms with van der Waals surface area (Å²) in [6.45, 7) is 14.7. The van der Waals surface area contributed by atoms with Gasteiger partial charge in [-0.15, -0.1) is 0 Å². The molecule has 0 amide bonds. The van der Waals surface area contributed by atoms with Crippen molar-refractivity contribution in [2.24, 2.45) is 3.50 Å². The molecule has 0 bridgehead atoms. The van der Waals surface area contributed by atoms with Gasteiger partial charge in [-0.1, -0.05) is 95.3 Å². The van der Waals surface area contributed by atoms with E-state index in [4.69, 9.17) is 23.2 Å². The van der Waals surface area contributed by atoms with Crippen LogP contribution in [0.3, 0.4) is 0 Å². The van der Waals surface area contributed by atoms with Crippen molar-refractivity contribution in [3.63, 3.8) is 0 Å². The second kappa shape index (κ2) is 16.3. The van der Waals surface area contributed by atoms with Gasteiger partial charge in [0.2, 0.25) is 0 Å². The Bertz CT molecular complexity index is 1660. The van der Waals surface area contributed by atoms with E-state index in [1.54, 1.807) is 0 Å². The van der Waals surface area contributed by atoms with Crippen LogP contribution in [0.25, 0.3) is 11.1 Å². The average Bonchev–Trinajstić information content (AvgIpc) is 3.37. The molecule has 0 aliphatic carbocycles. The summed E-state index contributed by atoms with van der Waals surface area (Å²) in [4.78, 5) is 4.11. The van der Waals surface area contributed by atoms with Gasteiger partial charge in [0.05, 0.1) is 0 Å². The molecule has 0 atom stereocenters. The van der Waals surface area contributed by atoms with Crippen LogP contribution in [-0.2, 0) is 28.7 Å². The van der Waals surface area contributed by atoms with E-state index < -0.39 is 17.9 Å². The molecule has 4 aromatic carbocycles. The fourth-order valence-electron chi connectivity index (χ4n) is 4.32. The van der Waals surface area contributed by atoms with Crippen LogP contribution in [0.15, 0.2) is 113 Å². The first-order valence-electron chi connectivity index (χ1n) is 14.4. The minimum atomic E-state index is -1.01. The Balaban J connectivity index is 0.000000199. The van der Waals surface area contributed by atoms with E-state index in [9.17, 15) is 5.11 Å². The molecule has 0 unspecified atom stereocenters. The molecule has 0 spiro atoms. The number of para-hydroxylation sites is 1. The first-order valence-corrected chi connectivity index (χ1v) is 18.2. The number of halogens is 2. The molecule has 0 aliphatic rings. The van der Waals surface area contributed by atoms with Crippen molar-refractivity contribution in [2.45, 2.75) is 59.3 Å². The smallest absolute Gasteiger partial charge is 0.0607 e. The number of phenols is 1. The van der Waals surface area contributed by atoms with Crippen LogP contribution >= 0.6 is 23.2 Å². The van der Waals surface area contributed by atoms with Crippen molar-refractivity contribution < 1.29 is 23.0 Å². The van der Waals surface area contributed by atoms with Crippen LogP contribution in [0.5, 0.6) is 5.75 Å². The van der Waals surface area contributed by atoms with Gasteiger partial charge in [0.15, 0.2) is 0 Å². The zero-order chi connectivity index (χ0) is 32.3. The van der Waals surface area contributed by atoms with E-state index in [1.807, 2.05) is 98.8 Å². The van der Waals surface area contributed by atoms with Crippen LogP contribution in [0.1, 0.15) is 57.1 Å². The largest absolute Gasteiger partial charge is 0.665 e. The van der Waals surface area contributed by atoms with Crippen molar-refractivity contribution in [2.75, 3.05) is 0 Å². The van der Waals surface area contributed by atoms with Crippen LogP contribution in [0.4, 0.5) is 5.69 Å². The summed E-state index contributed by atoms with van der Waals surface area (Å²) in [5.41, 5.74) is 7.18. The third kappa shape index (κ3) is 10.5. The number of aromatic hydroxyl groups is 1. The summed E-state index contributed by atoms with van der Waals surface area (Å²) >= 11 is 11.3. The number of hydrogen-bond acceptors (Lipinski definition) is 2. The van der Waals surface area contributed by atoms with E-state index in [2.05, 4.69) is 71.8 Å². The Labute approximate surface area is 281 Å². The summed E-state index contributed by atoms with van der Waals surface area (Å²) in [6.07, 6.45) is 0. The van der Waals surface area contributed by atoms with Gasteiger partial charge in [-0.2, -0.15) is 11.4 Å². The standard InChI is InChI=1S/C16H18O.C10H12.C6H3Cl2N.C6H8N.W/c1-16(2,3)14-11-7-10-13(15(14)17)12-8-5-4-6-9-12;1-10(2,3)9-7-5-4-6-8-9;7-4-2-1-3-5(8)6(4)9;1-5-3-4-6(2)7-5;/h4-11,17H,1-3H3;1,4-8H,2-3H3;1-3H;3-4H,1-2H3;/q;;;-1;. The number of phenolic OH excluding ortho intramolecular Hbond substituents is 1. The first kappa shape index (κ1) is 35.4. The molecule has 1 aromatic heterocycles. The zero-order valence-electron chi connectivity index (χ0n) is 26.5. The molecular weight excluding hydrogens is 755 g/mol. The maximum absolute atomic E-state index is 10.4. The molecule has 1 N–H and O–H groups in total. The molecule has 0 aliphatic heterocycles. The number of hydrogen-bond donors (Lipinski definition) is 1. The monoisotopic (exact) mass is 795 g/mol. The summed E-state index contributed by atoms with van der Waals surface area (Å²) < 4.78 is 7.00. The molecule has 5 aromatic rings. The molecular formula is C38H41Cl2N2OW-. The van der Waals surface area contributed by atoms with Gasteiger partial charge in [0.1, 0.15) is 5.75 Å². The number of aromatic nitrogens is 1. The Kier molecular flexibility index (Phi) is 13.1. The van der Waals surface area contributed by atoms with Gasteiger partial charge in [-0.05, 0) is 16.5 Å². The Morgan fingerprint density at radius 3 is 1.70 bits per heavy atom. The maximum Gasteiger partial charge on any atom is -0.0607 e. The van der Waals surface area contributed by atoms with Crippen LogP contribution < -0.4 is 4.98 Å². The normalized spacial score (nSPS) is 10.9. The Morgan fingerprint density at radius 1 is 0.682 bits per heavy atom. The first-order chi connectivity index (χ1) is 20.8. The minimum absolute atomic E-state index is 0.0309. The van der Waals surface area contributed by atoms with Crippen molar-refractivity contribution in [3.8, 4) is 16.9 Å². The summed E-state index contributed by atoms with van der Waals surface area (Å²) in [5, 5.41) is 11.6. The van der Waals surface area contributed by atoms with E-state index in [0.29, 0.717) is 15.8 Å². The van der Waals surface area contributed by atoms with Crippen LogP contribution in [-0.4, -0.2) is 9.51 Å². The molecule has 44 heavy (non-hydrogen) atoms. The molecule has 230 valence electrons. The van der Waals surface area contributed by atoms with E-state index in [-0.39, 0.29) is 10.8 Å². The molecule has 0 saturated carbocycles. The third-order valence-electron chi connectivity index (χ3n) is 6.79. The maximum atomic E-state index is 10.4. The van der Waals surface area contributed by atoms with E-state index >= 15 is 0 Å². The number of aryl methyl sites for hydroxylation is 2. The van der Waals surface area contributed by atoms with Gasteiger partial charge in [-0.25, -0.2) is 0 Å². The van der Waals surface area contributed by atoms with Gasteiger partial charge >= 0.3 is 138 Å². The number of rotatable bonds is 4. The second-order valence-electron chi connectivity index (χ2n) is 12.0. The summed E-state index contributed by atoms with van der Waals surface area (Å²) in [6, 6.07) is 35.9. The molecule has 0 saturated heterocycles. The topological polar surface area (TPSA) is 46.7 Å². The van der Waals surface area contributed by atoms with Crippen LogP contribution in [0.2, 0.25) is 10.0 Å². The Morgan fingerprint density at radius 2 is 1.20 bits per heavy atom. The summed E-state index contributed by atoms with van der Waals surface area (Å²) in [5.74, 6) is 0.395. The molecule has 6 heteroatoms. The quantitative estimate of drug-likeness (QED) is 0.197. The van der Waals surface area contributed by atoms with Gasteiger partial charge in [0.25, 0.3) is 0 Å². The fraction of sp³-hybridized carbons (Fsp3) is 0.237. The van der Waals surface area contributed by atoms with Crippen molar-refractivity contribution in [1.82, 2.24) is 4.98 Å². The van der Waals surface area contributed by atoms with Crippen LogP contribution in [0, 0.1) is 13.8 Å². The van der Waals surface area contributed by atoms with E-state index in [1.165, 1.54) is 5.56 Å². The Hall–Kier alpha value is -3.10. The van der Waals surface area contributed by atoms with Gasteiger partial charge in [-0.3, -0.25) is 0 Å². The molecule has 0 radical (unpaired) electrons. The molecule has 3 nitrogen and oxygen atoms in total. The zero-order valence-corrected chi connectivity index (χ0v) is 30.9. The third-order valence-corrected chi connectivity index (χ3v) is 10.9. The van der Waals surface area contributed by atoms with Crippen molar-refractivity contribution in [3.05, 3.63) is 142 Å². The predicted molar refractivity (Wildman–Crippen MR) is 186 cm³/mol. The van der Waals surface area contributed by atoms with Crippen molar-refractivity contribution >= 4 is 33.3 Å². The fourth-order valence-corrected chi connectivity index (χ4v) is 7.91. The molecule has 1 heterocycles. The predicted octanol–water partition coefficient (Wildman–Crippen LogP) is 11.3. The molecule has 0 fully saturated rings. The molecule has 5 rings (SSSR count). The average molecular weight is 797 g/mol. The van der Waals surface area contributed by atoms with Crippen molar-refractivity contribution in [1.29, 1.82) is 0 Å². The SMILES string of the molecule is CC(C)(C)c1cccc(-c2ccccc2)c1O.CC(C)([CH]=[W]=[N]c1c(Cl)cccc1Cl)c1ccccc1.Cc1ccc(C)[n-]1. The van der Waals surface area contributed by atoms with Gasteiger partial charge < -0.3 is 10.1 Å². The number of nitrogens with zero attached hydrogens (tertiary/aromatic N) is 2. The second-order valence-corrected chi connectivity index (χ2v) is 15.1. The summed E-state index contributed by atoms with van der Waals surface area (Å²) in [7, 11) is 0. The van der Waals surface area contributed by atoms with Gasteiger partial charge in [0, 0.05) is 5.56 Å². The number of benzene rings is 4. The van der Waals surface area contributed by atoms with E-state index in [0.717, 1.165) is 33.8 Å². The minimum Gasteiger partial charge on any atom is -0.665 e.